The van der Waals surface area contributed by atoms with Crippen LogP contribution in [0, 0.1) is 0 Å². The van der Waals surface area contributed by atoms with Gasteiger partial charge in [-0.25, -0.2) is 0 Å². The van der Waals surface area contributed by atoms with E-state index in [0.29, 0.717) is 5.69 Å². The smallest absolute Gasteiger partial charge is 0.274 e. The van der Waals surface area contributed by atoms with Gasteiger partial charge in [0, 0.05) is 48.9 Å². The molecule has 0 aliphatic carbocycles. The molecule has 4 rings (SSSR count). The minimum absolute atomic E-state index is 0.262. The number of para-hydroxylation sites is 1. The second-order valence-electron chi connectivity index (χ2n) is 6.83. The van der Waals surface area contributed by atoms with Crippen LogP contribution < -0.4 is 15.5 Å². The molecule has 0 saturated carbocycles. The number of fused-ring (bicyclic) bond motifs is 1. The predicted molar refractivity (Wildman–Crippen MR) is 118 cm³/mol. The highest BCUT2D eigenvalue weighted by Gasteiger charge is 2.10. The van der Waals surface area contributed by atoms with E-state index in [1.54, 1.807) is 18.5 Å². The van der Waals surface area contributed by atoms with Crippen molar-refractivity contribution >= 4 is 39.6 Å². The number of aromatic nitrogens is 2. The summed E-state index contributed by atoms with van der Waals surface area (Å²) in [5, 5.41) is 7.27. The van der Waals surface area contributed by atoms with Gasteiger partial charge in [0.25, 0.3) is 5.91 Å². The number of pyridine rings is 2. The zero-order valence-corrected chi connectivity index (χ0v) is 16.3. The highest BCUT2D eigenvalue weighted by molar-refractivity contribution is 6.03. The standard InChI is InChI=1S/C23H21N5O/c1-28(2)19-10-8-17(9-11-19)27-23(29)21-15-18(12-14-24-21)26-20-7-3-5-16-6-4-13-25-22(16)20/h3-15H,1-2H3,(H,24,26)(H,27,29). The predicted octanol–water partition coefficient (Wildman–Crippen LogP) is 4.69. The number of carbonyl (C=O) groups excluding carboxylic acids is 1. The molecule has 2 heterocycles. The van der Waals surface area contributed by atoms with Crippen LogP contribution in [0.2, 0.25) is 0 Å². The molecular weight excluding hydrogens is 362 g/mol. The van der Waals surface area contributed by atoms with Crippen molar-refractivity contribution in [2.45, 2.75) is 0 Å². The summed E-state index contributed by atoms with van der Waals surface area (Å²) >= 11 is 0. The first-order chi connectivity index (χ1) is 14.1. The number of nitrogens with one attached hydrogen (secondary N) is 2. The Morgan fingerprint density at radius 1 is 0.862 bits per heavy atom. The summed E-state index contributed by atoms with van der Waals surface area (Å²) in [5.41, 5.74) is 4.64. The second kappa shape index (κ2) is 7.98. The Morgan fingerprint density at radius 3 is 2.45 bits per heavy atom. The average molecular weight is 383 g/mol. The Balaban J connectivity index is 1.53. The van der Waals surface area contributed by atoms with Crippen LogP contribution in [0.25, 0.3) is 10.9 Å². The lowest BCUT2D eigenvalue weighted by molar-refractivity contribution is 0.102. The molecule has 0 fully saturated rings. The largest absolute Gasteiger partial charge is 0.378 e. The molecule has 0 spiro atoms. The third-order valence-electron chi connectivity index (χ3n) is 4.55. The highest BCUT2D eigenvalue weighted by atomic mass is 16.1. The average Bonchev–Trinajstić information content (AvgIpc) is 2.74. The van der Waals surface area contributed by atoms with Crippen LogP contribution in [0.5, 0.6) is 0 Å². The van der Waals surface area contributed by atoms with Crippen LogP contribution in [-0.4, -0.2) is 30.0 Å². The van der Waals surface area contributed by atoms with Crippen molar-refractivity contribution in [3.63, 3.8) is 0 Å². The lowest BCUT2D eigenvalue weighted by Crippen LogP contribution is -2.14. The van der Waals surface area contributed by atoms with E-state index in [4.69, 9.17) is 0 Å². The van der Waals surface area contributed by atoms with Crippen LogP contribution >= 0.6 is 0 Å². The summed E-state index contributed by atoms with van der Waals surface area (Å²) < 4.78 is 0. The van der Waals surface area contributed by atoms with Crippen LogP contribution in [0.4, 0.5) is 22.7 Å². The van der Waals surface area contributed by atoms with Crippen molar-refractivity contribution in [1.82, 2.24) is 9.97 Å². The molecule has 0 bridgehead atoms. The van der Waals surface area contributed by atoms with E-state index in [2.05, 4.69) is 20.6 Å². The molecule has 29 heavy (non-hydrogen) atoms. The molecule has 2 aromatic carbocycles. The van der Waals surface area contributed by atoms with Gasteiger partial charge in [0.05, 0.1) is 11.2 Å². The van der Waals surface area contributed by atoms with E-state index in [0.717, 1.165) is 33.7 Å². The summed E-state index contributed by atoms with van der Waals surface area (Å²) in [6, 6.07) is 21.1. The van der Waals surface area contributed by atoms with E-state index < -0.39 is 0 Å². The monoisotopic (exact) mass is 383 g/mol. The van der Waals surface area contributed by atoms with Gasteiger partial charge in [-0.2, -0.15) is 0 Å². The molecule has 0 radical (unpaired) electrons. The number of nitrogens with zero attached hydrogens (tertiary/aromatic N) is 3. The molecule has 6 nitrogen and oxygen atoms in total. The van der Waals surface area contributed by atoms with E-state index >= 15 is 0 Å². The topological polar surface area (TPSA) is 70.2 Å². The fourth-order valence-electron chi connectivity index (χ4n) is 3.03. The number of rotatable bonds is 5. The normalized spacial score (nSPS) is 10.6. The van der Waals surface area contributed by atoms with Crippen LogP contribution in [0.15, 0.2) is 79.1 Å². The molecule has 0 unspecified atom stereocenters. The van der Waals surface area contributed by atoms with Crippen molar-refractivity contribution in [2.75, 3.05) is 29.6 Å². The maximum Gasteiger partial charge on any atom is 0.274 e. The van der Waals surface area contributed by atoms with Gasteiger partial charge in [-0.3, -0.25) is 14.8 Å². The maximum atomic E-state index is 12.6. The summed E-state index contributed by atoms with van der Waals surface area (Å²) in [4.78, 5) is 23.3. The van der Waals surface area contributed by atoms with E-state index in [9.17, 15) is 4.79 Å². The van der Waals surface area contributed by atoms with Crippen molar-refractivity contribution in [1.29, 1.82) is 0 Å². The Bertz CT molecular complexity index is 1150. The first-order valence-corrected chi connectivity index (χ1v) is 9.26. The fourth-order valence-corrected chi connectivity index (χ4v) is 3.03. The lowest BCUT2D eigenvalue weighted by atomic mass is 10.2. The minimum atomic E-state index is -0.262. The van der Waals surface area contributed by atoms with Crippen LogP contribution in [-0.2, 0) is 0 Å². The van der Waals surface area contributed by atoms with Crippen molar-refractivity contribution in [2.24, 2.45) is 0 Å². The molecule has 144 valence electrons. The summed E-state index contributed by atoms with van der Waals surface area (Å²) in [7, 11) is 3.95. The highest BCUT2D eigenvalue weighted by Crippen LogP contribution is 2.25. The number of carbonyl (C=O) groups is 1. The molecule has 0 atom stereocenters. The Hall–Kier alpha value is -3.93. The molecule has 4 aromatic rings. The number of hydrogen-bond donors (Lipinski definition) is 2. The van der Waals surface area contributed by atoms with E-state index in [-0.39, 0.29) is 5.91 Å². The molecule has 1 amide bonds. The zero-order chi connectivity index (χ0) is 20.2. The van der Waals surface area contributed by atoms with Gasteiger partial charge in [-0.05, 0) is 48.5 Å². The molecule has 2 N–H and O–H groups in total. The lowest BCUT2D eigenvalue weighted by Gasteiger charge is -2.13. The summed E-state index contributed by atoms with van der Waals surface area (Å²) in [6.07, 6.45) is 3.38. The molecule has 0 saturated heterocycles. The third-order valence-corrected chi connectivity index (χ3v) is 4.55. The van der Waals surface area contributed by atoms with Crippen molar-refractivity contribution < 1.29 is 4.79 Å². The third kappa shape index (κ3) is 4.16. The van der Waals surface area contributed by atoms with Gasteiger partial charge < -0.3 is 15.5 Å². The van der Waals surface area contributed by atoms with E-state index in [1.807, 2.05) is 79.7 Å². The van der Waals surface area contributed by atoms with Gasteiger partial charge in [-0.15, -0.1) is 0 Å². The number of hydrogen-bond acceptors (Lipinski definition) is 5. The van der Waals surface area contributed by atoms with Crippen molar-refractivity contribution in [3.8, 4) is 0 Å². The van der Waals surface area contributed by atoms with Crippen LogP contribution in [0.3, 0.4) is 0 Å². The van der Waals surface area contributed by atoms with Gasteiger partial charge in [0.1, 0.15) is 5.69 Å². The van der Waals surface area contributed by atoms with E-state index in [1.165, 1.54) is 0 Å². The number of amides is 1. The fraction of sp³-hybridized carbons (Fsp3) is 0.0870. The van der Waals surface area contributed by atoms with Gasteiger partial charge >= 0.3 is 0 Å². The Labute approximate surface area is 169 Å². The number of benzene rings is 2. The summed E-state index contributed by atoms with van der Waals surface area (Å²) in [6.45, 7) is 0. The Morgan fingerprint density at radius 2 is 1.66 bits per heavy atom. The quantitative estimate of drug-likeness (QED) is 0.523. The summed E-state index contributed by atoms with van der Waals surface area (Å²) in [5.74, 6) is -0.262. The Kier molecular flexibility index (Phi) is 5.07. The maximum absolute atomic E-state index is 12.6. The van der Waals surface area contributed by atoms with Gasteiger partial charge in [0.2, 0.25) is 0 Å². The van der Waals surface area contributed by atoms with Gasteiger partial charge in [-0.1, -0.05) is 18.2 Å². The minimum Gasteiger partial charge on any atom is -0.378 e. The van der Waals surface area contributed by atoms with Crippen molar-refractivity contribution in [3.05, 3.63) is 84.8 Å². The molecule has 0 aliphatic rings. The molecule has 0 aliphatic heterocycles. The molecular formula is C23H21N5O. The first kappa shape index (κ1) is 18.4. The number of anilines is 4. The zero-order valence-electron chi connectivity index (χ0n) is 16.3. The SMILES string of the molecule is CN(C)c1ccc(NC(=O)c2cc(Nc3cccc4cccnc34)ccn2)cc1. The van der Waals surface area contributed by atoms with Gasteiger partial charge in [0.15, 0.2) is 0 Å². The molecule has 2 aromatic heterocycles. The van der Waals surface area contributed by atoms with Crippen LogP contribution in [0.1, 0.15) is 10.5 Å². The molecule has 6 heteroatoms. The second-order valence-corrected chi connectivity index (χ2v) is 6.83. The first-order valence-electron chi connectivity index (χ1n) is 9.26.